The van der Waals surface area contributed by atoms with Crippen LogP contribution in [0.2, 0.25) is 5.02 Å². The molecule has 1 atom stereocenters. The van der Waals surface area contributed by atoms with Crippen LogP contribution in [0.15, 0.2) is 35.4 Å². The number of aromatic nitrogens is 4. The minimum atomic E-state index is -0.549. The summed E-state index contributed by atoms with van der Waals surface area (Å²) in [6.45, 7) is 1.49. The minimum Gasteiger partial charge on any atom is -0.348 e. The first-order valence-corrected chi connectivity index (χ1v) is 8.99. The first kappa shape index (κ1) is 17.7. The Balaban J connectivity index is 1.52. The first-order chi connectivity index (χ1) is 12.9. The summed E-state index contributed by atoms with van der Waals surface area (Å²) in [7, 11) is 0. The highest BCUT2D eigenvalue weighted by molar-refractivity contribution is 6.30. The molecule has 1 aromatic carbocycles. The Morgan fingerprint density at radius 3 is 2.89 bits per heavy atom. The predicted octanol–water partition coefficient (Wildman–Crippen LogP) is 2.44. The number of carbonyl (C=O) groups is 1. The molecule has 1 aliphatic rings. The highest BCUT2D eigenvalue weighted by Crippen LogP contribution is 2.39. The summed E-state index contributed by atoms with van der Waals surface area (Å²) in [4.78, 5) is 29.1. The second-order valence-electron chi connectivity index (χ2n) is 6.70. The SMILES string of the molecule is C[C@H](NC(=O)Cn1nc2cncc(C3CC3)n2c1=O)c1ccc(Cl)c(F)c1. The van der Waals surface area contributed by atoms with Gasteiger partial charge in [-0.2, -0.15) is 0 Å². The van der Waals surface area contributed by atoms with E-state index >= 15 is 0 Å². The molecule has 1 N–H and O–H groups in total. The smallest absolute Gasteiger partial charge is 0.348 e. The molecular weight excluding hydrogens is 373 g/mol. The number of carbonyl (C=O) groups excluding carboxylic acids is 1. The van der Waals surface area contributed by atoms with Crippen LogP contribution in [0.3, 0.4) is 0 Å². The highest BCUT2D eigenvalue weighted by Gasteiger charge is 2.28. The lowest BCUT2D eigenvalue weighted by Crippen LogP contribution is -2.34. The third kappa shape index (κ3) is 3.44. The summed E-state index contributed by atoms with van der Waals surface area (Å²) < 4.78 is 16.2. The lowest BCUT2D eigenvalue weighted by atomic mass is 10.1. The molecule has 140 valence electrons. The van der Waals surface area contributed by atoms with Crippen LogP contribution in [0.1, 0.15) is 43.0 Å². The quantitative estimate of drug-likeness (QED) is 0.726. The normalized spacial score (nSPS) is 15.1. The molecule has 27 heavy (non-hydrogen) atoms. The van der Waals surface area contributed by atoms with Gasteiger partial charge in [0.15, 0.2) is 5.65 Å². The second-order valence-corrected chi connectivity index (χ2v) is 7.11. The van der Waals surface area contributed by atoms with Gasteiger partial charge in [-0.3, -0.25) is 9.78 Å². The van der Waals surface area contributed by atoms with E-state index in [0.717, 1.165) is 23.2 Å². The van der Waals surface area contributed by atoms with Crippen LogP contribution in [0.25, 0.3) is 5.65 Å². The van der Waals surface area contributed by atoms with Crippen molar-refractivity contribution in [3.05, 3.63) is 63.2 Å². The van der Waals surface area contributed by atoms with E-state index in [1.807, 2.05) is 0 Å². The van der Waals surface area contributed by atoms with E-state index in [0.29, 0.717) is 17.1 Å². The van der Waals surface area contributed by atoms with Crippen molar-refractivity contribution < 1.29 is 9.18 Å². The van der Waals surface area contributed by atoms with Crippen LogP contribution in [0.5, 0.6) is 0 Å². The number of rotatable bonds is 5. The number of fused-ring (bicyclic) bond motifs is 1. The van der Waals surface area contributed by atoms with Gasteiger partial charge in [-0.25, -0.2) is 18.3 Å². The van der Waals surface area contributed by atoms with Gasteiger partial charge in [0.25, 0.3) is 0 Å². The average Bonchev–Trinajstić information content (AvgIpc) is 3.43. The van der Waals surface area contributed by atoms with Crippen molar-refractivity contribution in [2.24, 2.45) is 0 Å². The summed E-state index contributed by atoms with van der Waals surface area (Å²) in [5.41, 5.74) is 1.46. The third-order valence-electron chi connectivity index (χ3n) is 4.63. The molecule has 7 nitrogen and oxygen atoms in total. The van der Waals surface area contributed by atoms with Crippen molar-refractivity contribution in [3.8, 4) is 0 Å². The molecule has 0 saturated heterocycles. The van der Waals surface area contributed by atoms with Crippen molar-refractivity contribution in [2.75, 3.05) is 0 Å². The lowest BCUT2D eigenvalue weighted by Gasteiger charge is -2.14. The standard InChI is InChI=1S/C18H17ClFN5O2/c1-10(12-4-5-13(19)14(20)6-12)22-17(26)9-24-18(27)25-15(11-2-3-11)7-21-8-16(25)23-24/h4-8,10-11H,2-3,9H2,1H3,(H,22,26)/t10-/m0/s1. The molecule has 0 bridgehead atoms. The van der Waals surface area contributed by atoms with Crippen LogP contribution in [-0.4, -0.2) is 25.1 Å². The van der Waals surface area contributed by atoms with Crippen LogP contribution in [0.4, 0.5) is 4.39 Å². The van der Waals surface area contributed by atoms with Crippen molar-refractivity contribution in [2.45, 2.75) is 38.3 Å². The molecule has 1 aliphatic carbocycles. The molecule has 0 radical (unpaired) electrons. The van der Waals surface area contributed by atoms with Gasteiger partial charge < -0.3 is 5.32 Å². The maximum absolute atomic E-state index is 13.6. The van der Waals surface area contributed by atoms with E-state index in [9.17, 15) is 14.0 Å². The Kier molecular flexibility index (Phi) is 4.43. The Hall–Kier alpha value is -2.74. The summed E-state index contributed by atoms with van der Waals surface area (Å²) >= 11 is 5.68. The number of halogens is 2. The Morgan fingerprint density at radius 2 is 2.19 bits per heavy atom. The van der Waals surface area contributed by atoms with Gasteiger partial charge in [-0.05, 0) is 37.5 Å². The monoisotopic (exact) mass is 389 g/mol. The molecule has 2 aromatic heterocycles. The minimum absolute atomic E-state index is 0.0219. The molecule has 1 fully saturated rings. The van der Waals surface area contributed by atoms with Gasteiger partial charge >= 0.3 is 5.69 Å². The van der Waals surface area contributed by atoms with Gasteiger partial charge in [0, 0.05) is 12.1 Å². The van der Waals surface area contributed by atoms with E-state index in [-0.39, 0.29) is 17.3 Å². The number of hydrogen-bond donors (Lipinski definition) is 1. The largest absolute Gasteiger partial charge is 0.351 e. The Labute approximate surface area is 158 Å². The number of amides is 1. The molecule has 4 rings (SSSR count). The molecular formula is C18H17ClFN5O2. The Morgan fingerprint density at radius 1 is 1.41 bits per heavy atom. The molecule has 0 spiro atoms. The van der Waals surface area contributed by atoms with Gasteiger partial charge in [0.2, 0.25) is 5.91 Å². The molecule has 1 amide bonds. The predicted molar refractivity (Wildman–Crippen MR) is 97.2 cm³/mol. The lowest BCUT2D eigenvalue weighted by molar-refractivity contribution is -0.122. The molecule has 0 unspecified atom stereocenters. The van der Waals surface area contributed by atoms with E-state index in [1.54, 1.807) is 19.2 Å². The van der Waals surface area contributed by atoms with Crippen molar-refractivity contribution in [1.29, 1.82) is 0 Å². The number of benzene rings is 1. The zero-order chi connectivity index (χ0) is 19.1. The maximum atomic E-state index is 13.6. The fourth-order valence-corrected chi connectivity index (χ4v) is 3.16. The zero-order valence-electron chi connectivity index (χ0n) is 14.5. The maximum Gasteiger partial charge on any atom is 0.351 e. The zero-order valence-corrected chi connectivity index (χ0v) is 15.3. The van der Waals surface area contributed by atoms with Gasteiger partial charge in [-0.1, -0.05) is 17.7 Å². The average molecular weight is 390 g/mol. The van der Waals surface area contributed by atoms with Crippen molar-refractivity contribution in [3.63, 3.8) is 0 Å². The molecule has 9 heteroatoms. The summed E-state index contributed by atoms with van der Waals surface area (Å²) in [6.07, 6.45) is 5.22. The van der Waals surface area contributed by atoms with E-state index in [2.05, 4.69) is 15.4 Å². The van der Waals surface area contributed by atoms with E-state index < -0.39 is 17.8 Å². The van der Waals surface area contributed by atoms with E-state index in [4.69, 9.17) is 11.6 Å². The molecule has 1 saturated carbocycles. The van der Waals surface area contributed by atoms with Crippen LogP contribution < -0.4 is 11.0 Å². The summed E-state index contributed by atoms with van der Waals surface area (Å²) in [5, 5.41) is 6.96. The van der Waals surface area contributed by atoms with E-state index in [1.165, 1.54) is 22.7 Å². The second kappa shape index (κ2) is 6.77. The van der Waals surface area contributed by atoms with Crippen LogP contribution in [0, 0.1) is 5.82 Å². The molecule has 0 aliphatic heterocycles. The van der Waals surface area contributed by atoms with Crippen molar-refractivity contribution >= 4 is 23.2 Å². The van der Waals surface area contributed by atoms with Crippen molar-refractivity contribution in [1.82, 2.24) is 24.5 Å². The van der Waals surface area contributed by atoms with Gasteiger partial charge in [-0.15, -0.1) is 5.10 Å². The fourth-order valence-electron chi connectivity index (χ4n) is 3.05. The van der Waals surface area contributed by atoms with Crippen LogP contribution in [-0.2, 0) is 11.3 Å². The fraction of sp³-hybridized carbons (Fsp3) is 0.333. The third-order valence-corrected chi connectivity index (χ3v) is 4.94. The summed E-state index contributed by atoms with van der Waals surface area (Å²) in [5.74, 6) is -0.624. The number of nitrogens with one attached hydrogen (secondary N) is 1. The topological polar surface area (TPSA) is 81.3 Å². The Bertz CT molecular complexity index is 1090. The number of hydrogen-bond acceptors (Lipinski definition) is 4. The number of nitrogens with zero attached hydrogens (tertiary/aromatic N) is 4. The molecule has 2 heterocycles. The van der Waals surface area contributed by atoms with Crippen LogP contribution >= 0.6 is 11.6 Å². The highest BCUT2D eigenvalue weighted by atomic mass is 35.5. The van der Waals surface area contributed by atoms with Gasteiger partial charge in [0.1, 0.15) is 12.4 Å². The summed E-state index contributed by atoms with van der Waals surface area (Å²) in [6, 6.07) is 3.91. The first-order valence-electron chi connectivity index (χ1n) is 8.62. The van der Waals surface area contributed by atoms with Gasteiger partial charge in [0.05, 0.1) is 23.0 Å². The molecule has 3 aromatic rings.